The molecular weight excluding hydrogens is 452 g/mol. The van der Waals surface area contributed by atoms with E-state index in [9.17, 15) is 9.50 Å². The SMILES string of the molecule is CCNC(=NCc1ccc(O)c(F)c1)NCCCOCc1ccco1.I. The van der Waals surface area contributed by atoms with Gasteiger partial charge in [0.1, 0.15) is 12.4 Å². The lowest BCUT2D eigenvalue weighted by Gasteiger charge is -2.11. The van der Waals surface area contributed by atoms with E-state index in [4.69, 9.17) is 9.15 Å². The van der Waals surface area contributed by atoms with E-state index in [1.165, 1.54) is 12.1 Å². The van der Waals surface area contributed by atoms with Gasteiger partial charge in [-0.15, -0.1) is 24.0 Å². The second kappa shape index (κ2) is 12.5. The predicted molar refractivity (Wildman–Crippen MR) is 109 cm³/mol. The summed E-state index contributed by atoms with van der Waals surface area (Å²) >= 11 is 0. The maximum atomic E-state index is 13.3. The first kappa shape index (κ1) is 22.2. The van der Waals surface area contributed by atoms with Crippen LogP contribution in [-0.4, -0.2) is 30.8 Å². The molecule has 0 fully saturated rings. The molecule has 0 saturated heterocycles. The highest BCUT2D eigenvalue weighted by Gasteiger charge is 2.02. The summed E-state index contributed by atoms with van der Waals surface area (Å²) in [5, 5.41) is 15.5. The van der Waals surface area contributed by atoms with Crippen molar-refractivity contribution >= 4 is 29.9 Å². The van der Waals surface area contributed by atoms with Crippen LogP contribution in [0.2, 0.25) is 0 Å². The Morgan fingerprint density at radius 2 is 2.15 bits per heavy atom. The number of guanidine groups is 1. The van der Waals surface area contributed by atoms with Gasteiger partial charge in [-0.05, 0) is 43.2 Å². The van der Waals surface area contributed by atoms with Gasteiger partial charge in [-0.2, -0.15) is 0 Å². The number of halogens is 2. The van der Waals surface area contributed by atoms with Crippen LogP contribution in [0, 0.1) is 5.82 Å². The van der Waals surface area contributed by atoms with Gasteiger partial charge in [0, 0.05) is 19.7 Å². The van der Waals surface area contributed by atoms with Gasteiger partial charge in [0.2, 0.25) is 0 Å². The number of ether oxygens (including phenoxy) is 1. The molecule has 0 bridgehead atoms. The zero-order valence-electron chi connectivity index (χ0n) is 14.7. The lowest BCUT2D eigenvalue weighted by molar-refractivity contribution is 0.105. The van der Waals surface area contributed by atoms with Gasteiger partial charge in [0.15, 0.2) is 17.5 Å². The van der Waals surface area contributed by atoms with E-state index in [1.54, 1.807) is 12.3 Å². The molecule has 0 atom stereocenters. The Labute approximate surface area is 169 Å². The molecule has 0 aliphatic carbocycles. The average Bonchev–Trinajstić information content (AvgIpc) is 3.12. The van der Waals surface area contributed by atoms with Crippen LogP contribution in [0.3, 0.4) is 0 Å². The number of hydrogen-bond donors (Lipinski definition) is 3. The number of aromatic hydroxyl groups is 1. The molecule has 0 aliphatic heterocycles. The quantitative estimate of drug-likeness (QED) is 0.223. The summed E-state index contributed by atoms with van der Waals surface area (Å²) in [5.41, 5.74) is 0.689. The van der Waals surface area contributed by atoms with E-state index in [1.807, 2.05) is 19.1 Å². The lowest BCUT2D eigenvalue weighted by Crippen LogP contribution is -2.38. The fourth-order valence-corrected chi connectivity index (χ4v) is 2.11. The second-order valence-electron chi connectivity index (χ2n) is 5.39. The van der Waals surface area contributed by atoms with E-state index in [2.05, 4.69) is 15.6 Å². The first-order valence-electron chi connectivity index (χ1n) is 8.28. The lowest BCUT2D eigenvalue weighted by atomic mass is 10.2. The largest absolute Gasteiger partial charge is 0.505 e. The highest BCUT2D eigenvalue weighted by molar-refractivity contribution is 14.0. The smallest absolute Gasteiger partial charge is 0.191 e. The van der Waals surface area contributed by atoms with Crippen LogP contribution in [0.15, 0.2) is 46.0 Å². The summed E-state index contributed by atoms with van der Waals surface area (Å²) in [7, 11) is 0. The third-order valence-electron chi connectivity index (χ3n) is 3.36. The molecule has 2 aromatic rings. The number of nitrogens with zero attached hydrogens (tertiary/aromatic N) is 1. The molecule has 0 amide bonds. The van der Waals surface area contributed by atoms with E-state index in [-0.39, 0.29) is 29.7 Å². The molecular formula is C18H25FIN3O3. The zero-order valence-corrected chi connectivity index (χ0v) is 17.0. The number of rotatable bonds is 9. The summed E-state index contributed by atoms with van der Waals surface area (Å²) in [6.07, 6.45) is 2.44. The summed E-state index contributed by atoms with van der Waals surface area (Å²) < 4.78 is 24.0. The Morgan fingerprint density at radius 1 is 1.31 bits per heavy atom. The van der Waals surface area contributed by atoms with Gasteiger partial charge in [-0.3, -0.25) is 0 Å². The first-order valence-corrected chi connectivity index (χ1v) is 8.28. The number of nitrogens with one attached hydrogen (secondary N) is 2. The summed E-state index contributed by atoms with van der Waals surface area (Å²) in [5.74, 6) is 0.470. The molecule has 1 heterocycles. The van der Waals surface area contributed by atoms with Gasteiger partial charge >= 0.3 is 0 Å². The van der Waals surface area contributed by atoms with Crippen LogP contribution in [0.5, 0.6) is 5.75 Å². The van der Waals surface area contributed by atoms with Crippen LogP contribution >= 0.6 is 24.0 Å². The number of aliphatic imine (C=N–C) groups is 1. The normalized spacial score (nSPS) is 11.1. The zero-order chi connectivity index (χ0) is 17.9. The van der Waals surface area contributed by atoms with E-state index >= 15 is 0 Å². The van der Waals surface area contributed by atoms with Crippen molar-refractivity contribution in [2.45, 2.75) is 26.5 Å². The Bertz CT molecular complexity index is 666. The predicted octanol–water partition coefficient (Wildman–Crippen LogP) is 3.40. The standard InChI is InChI=1S/C18H24FN3O3.HI/c1-2-20-18(22-12-14-6-7-17(23)16(19)11-14)21-8-4-9-24-13-15-5-3-10-25-15;/h3,5-7,10-11,23H,2,4,8-9,12-13H2,1H3,(H2,20,21,22);1H. The Kier molecular flexibility index (Phi) is 10.7. The van der Waals surface area contributed by atoms with E-state index in [0.717, 1.165) is 18.7 Å². The molecule has 0 unspecified atom stereocenters. The van der Waals surface area contributed by atoms with E-state index in [0.29, 0.717) is 37.8 Å². The van der Waals surface area contributed by atoms with Crippen LogP contribution < -0.4 is 10.6 Å². The summed E-state index contributed by atoms with van der Waals surface area (Å²) in [6.45, 7) is 4.80. The number of benzene rings is 1. The molecule has 1 aromatic carbocycles. The van der Waals surface area contributed by atoms with Crippen molar-refractivity contribution in [3.05, 3.63) is 53.7 Å². The topological polar surface area (TPSA) is 79.0 Å². The molecule has 8 heteroatoms. The summed E-state index contributed by atoms with van der Waals surface area (Å²) in [4.78, 5) is 4.40. The van der Waals surface area contributed by atoms with Crippen molar-refractivity contribution in [3.8, 4) is 5.75 Å². The first-order chi connectivity index (χ1) is 12.2. The van der Waals surface area contributed by atoms with Crippen LogP contribution in [0.1, 0.15) is 24.7 Å². The molecule has 0 aliphatic rings. The number of hydrogen-bond acceptors (Lipinski definition) is 4. The van der Waals surface area contributed by atoms with Crippen LogP contribution in [0.4, 0.5) is 4.39 Å². The third-order valence-corrected chi connectivity index (χ3v) is 3.36. The maximum Gasteiger partial charge on any atom is 0.191 e. The second-order valence-corrected chi connectivity index (χ2v) is 5.39. The van der Waals surface area contributed by atoms with Crippen molar-refractivity contribution in [3.63, 3.8) is 0 Å². The molecule has 144 valence electrons. The number of phenolic OH excluding ortho intramolecular Hbond substituents is 1. The molecule has 1 aromatic heterocycles. The molecule has 26 heavy (non-hydrogen) atoms. The van der Waals surface area contributed by atoms with Crippen LogP contribution in [-0.2, 0) is 17.9 Å². The van der Waals surface area contributed by atoms with Crippen molar-refractivity contribution in [1.82, 2.24) is 10.6 Å². The molecule has 2 rings (SSSR count). The van der Waals surface area contributed by atoms with E-state index < -0.39 is 5.82 Å². The molecule has 3 N–H and O–H groups in total. The minimum atomic E-state index is -0.639. The Morgan fingerprint density at radius 3 is 2.85 bits per heavy atom. The van der Waals surface area contributed by atoms with Gasteiger partial charge in [0.25, 0.3) is 0 Å². The Hall–Kier alpha value is -1.81. The van der Waals surface area contributed by atoms with Crippen LogP contribution in [0.25, 0.3) is 0 Å². The average molecular weight is 477 g/mol. The molecule has 0 radical (unpaired) electrons. The molecule has 6 nitrogen and oxygen atoms in total. The van der Waals surface area contributed by atoms with Crippen molar-refractivity contribution in [2.24, 2.45) is 4.99 Å². The van der Waals surface area contributed by atoms with Crippen molar-refractivity contribution < 1.29 is 18.7 Å². The van der Waals surface area contributed by atoms with Gasteiger partial charge in [-0.1, -0.05) is 6.07 Å². The fourth-order valence-electron chi connectivity index (χ4n) is 2.11. The molecule has 0 spiro atoms. The monoisotopic (exact) mass is 477 g/mol. The fraction of sp³-hybridized carbons (Fsp3) is 0.389. The minimum Gasteiger partial charge on any atom is -0.505 e. The van der Waals surface area contributed by atoms with Crippen molar-refractivity contribution in [1.29, 1.82) is 0 Å². The Balaban J connectivity index is 0.00000338. The number of phenols is 1. The van der Waals surface area contributed by atoms with Gasteiger partial charge < -0.3 is 24.9 Å². The maximum absolute atomic E-state index is 13.3. The highest BCUT2D eigenvalue weighted by atomic mass is 127. The van der Waals surface area contributed by atoms with Crippen molar-refractivity contribution in [2.75, 3.05) is 19.7 Å². The highest BCUT2D eigenvalue weighted by Crippen LogP contribution is 2.16. The number of furan rings is 1. The minimum absolute atomic E-state index is 0. The van der Waals surface area contributed by atoms with Gasteiger partial charge in [-0.25, -0.2) is 9.38 Å². The third kappa shape index (κ3) is 8.05. The summed E-state index contributed by atoms with van der Waals surface area (Å²) in [6, 6.07) is 7.97. The molecule has 0 saturated carbocycles. The van der Waals surface area contributed by atoms with Gasteiger partial charge in [0.05, 0.1) is 12.8 Å².